The highest BCUT2D eigenvalue weighted by Gasteiger charge is 2.27. The van der Waals surface area contributed by atoms with Gasteiger partial charge in [-0.25, -0.2) is 0 Å². The van der Waals surface area contributed by atoms with Crippen molar-refractivity contribution < 1.29 is 9.53 Å². The summed E-state index contributed by atoms with van der Waals surface area (Å²) in [5.41, 5.74) is 5.80. The first-order valence-electron chi connectivity index (χ1n) is 9.26. The fourth-order valence-corrected chi connectivity index (χ4v) is 3.17. The van der Waals surface area contributed by atoms with Gasteiger partial charge in [-0.2, -0.15) is 0 Å². The molecule has 0 aromatic heterocycles. The van der Waals surface area contributed by atoms with Gasteiger partial charge in [0.05, 0.1) is 0 Å². The largest absolute Gasteiger partial charge is 0.489 e. The molecule has 2 aromatic rings. The highest BCUT2D eigenvalue weighted by Crippen LogP contribution is 2.43. The van der Waals surface area contributed by atoms with Gasteiger partial charge in [0.2, 0.25) is 5.91 Å². The summed E-state index contributed by atoms with van der Waals surface area (Å²) in [5.74, 6) is 1.59. The number of anilines is 1. The van der Waals surface area contributed by atoms with Crippen LogP contribution in [-0.4, -0.2) is 5.91 Å². The molecule has 0 heterocycles. The molecule has 0 aliphatic heterocycles. The molecule has 132 valence electrons. The second-order valence-corrected chi connectivity index (χ2v) is 6.80. The molecule has 0 radical (unpaired) electrons. The molecule has 1 fully saturated rings. The van der Waals surface area contributed by atoms with Crippen LogP contribution in [-0.2, 0) is 17.8 Å². The summed E-state index contributed by atoms with van der Waals surface area (Å²) in [7, 11) is 0. The summed E-state index contributed by atoms with van der Waals surface area (Å²) in [6, 6.07) is 12.5. The number of carbonyl (C=O) groups excluding carboxylic acids is 1. The lowest BCUT2D eigenvalue weighted by atomic mass is 10.0. The van der Waals surface area contributed by atoms with Crippen molar-refractivity contribution in [3.63, 3.8) is 0 Å². The summed E-state index contributed by atoms with van der Waals surface area (Å²) in [4.78, 5) is 11.9. The Labute approximate surface area is 150 Å². The van der Waals surface area contributed by atoms with E-state index in [4.69, 9.17) is 4.74 Å². The van der Waals surface area contributed by atoms with Gasteiger partial charge in [0, 0.05) is 17.7 Å². The van der Waals surface area contributed by atoms with Crippen molar-refractivity contribution in [1.29, 1.82) is 0 Å². The van der Waals surface area contributed by atoms with E-state index in [1.165, 1.54) is 29.5 Å². The lowest BCUT2D eigenvalue weighted by molar-refractivity contribution is -0.115. The Kier molecular flexibility index (Phi) is 5.42. The number of hydrogen-bond donors (Lipinski definition) is 1. The van der Waals surface area contributed by atoms with Crippen LogP contribution in [0.25, 0.3) is 0 Å². The highest BCUT2D eigenvalue weighted by atomic mass is 16.5. The second-order valence-electron chi connectivity index (χ2n) is 6.80. The van der Waals surface area contributed by atoms with Gasteiger partial charge in [-0.05, 0) is 55.4 Å². The molecule has 0 bridgehead atoms. The number of benzene rings is 2. The van der Waals surface area contributed by atoms with E-state index in [9.17, 15) is 4.79 Å². The third-order valence-corrected chi connectivity index (χ3v) is 4.79. The molecule has 0 saturated heterocycles. The van der Waals surface area contributed by atoms with Gasteiger partial charge >= 0.3 is 0 Å². The van der Waals surface area contributed by atoms with Gasteiger partial charge < -0.3 is 10.1 Å². The van der Waals surface area contributed by atoms with Crippen LogP contribution in [0.4, 0.5) is 5.69 Å². The molecule has 0 unspecified atom stereocenters. The third-order valence-electron chi connectivity index (χ3n) is 4.79. The van der Waals surface area contributed by atoms with Crippen LogP contribution >= 0.6 is 0 Å². The zero-order valence-corrected chi connectivity index (χ0v) is 15.4. The topological polar surface area (TPSA) is 38.3 Å². The van der Waals surface area contributed by atoms with Gasteiger partial charge in [-0.3, -0.25) is 4.79 Å². The van der Waals surface area contributed by atoms with Crippen LogP contribution in [0, 0.1) is 6.92 Å². The Bertz CT molecular complexity index is 763. The molecule has 0 atom stereocenters. The number of carbonyl (C=O) groups is 1. The van der Waals surface area contributed by atoms with Crippen molar-refractivity contribution in [2.75, 3.05) is 5.32 Å². The summed E-state index contributed by atoms with van der Waals surface area (Å²) in [5, 5.41) is 3.04. The highest BCUT2D eigenvalue weighted by molar-refractivity contribution is 5.91. The molecule has 1 aliphatic rings. The van der Waals surface area contributed by atoms with Gasteiger partial charge in [0.25, 0.3) is 0 Å². The Morgan fingerprint density at radius 1 is 1.20 bits per heavy atom. The van der Waals surface area contributed by atoms with Gasteiger partial charge in [0.1, 0.15) is 12.4 Å². The van der Waals surface area contributed by atoms with Gasteiger partial charge in [0.15, 0.2) is 0 Å². The summed E-state index contributed by atoms with van der Waals surface area (Å²) in [6.45, 7) is 6.61. The zero-order chi connectivity index (χ0) is 17.8. The van der Waals surface area contributed by atoms with Crippen LogP contribution in [0.1, 0.15) is 61.3 Å². The maximum Gasteiger partial charge on any atom is 0.224 e. The predicted molar refractivity (Wildman–Crippen MR) is 102 cm³/mol. The van der Waals surface area contributed by atoms with Crippen LogP contribution in [0.15, 0.2) is 36.4 Å². The normalized spacial score (nSPS) is 13.6. The van der Waals surface area contributed by atoms with Crippen LogP contribution in [0.2, 0.25) is 0 Å². The molecule has 1 N–H and O–H groups in total. The Hall–Kier alpha value is -2.29. The molecular formula is C22H27NO2. The zero-order valence-electron chi connectivity index (χ0n) is 15.4. The number of aryl methyl sites for hydroxylation is 2. The van der Waals surface area contributed by atoms with E-state index in [0.717, 1.165) is 23.4 Å². The van der Waals surface area contributed by atoms with E-state index in [1.807, 2.05) is 19.1 Å². The summed E-state index contributed by atoms with van der Waals surface area (Å²) in [6.07, 6.45) is 3.87. The molecule has 1 aliphatic carbocycles. The first-order chi connectivity index (χ1) is 12.1. The van der Waals surface area contributed by atoms with Crippen LogP contribution in [0.3, 0.4) is 0 Å². The fourth-order valence-electron chi connectivity index (χ4n) is 3.17. The predicted octanol–water partition coefficient (Wildman–Crippen LogP) is 5.36. The minimum atomic E-state index is 0.0405. The first kappa shape index (κ1) is 17.5. The maximum atomic E-state index is 11.9. The molecule has 3 heteroatoms. The first-order valence-corrected chi connectivity index (χ1v) is 9.26. The average Bonchev–Trinajstić information content (AvgIpc) is 3.46. The Morgan fingerprint density at radius 2 is 2.00 bits per heavy atom. The van der Waals surface area contributed by atoms with Crippen molar-refractivity contribution in [2.45, 2.75) is 59.0 Å². The minimum absolute atomic E-state index is 0.0405. The number of hydrogen-bond acceptors (Lipinski definition) is 2. The monoisotopic (exact) mass is 337 g/mol. The van der Waals surface area contributed by atoms with E-state index in [0.29, 0.717) is 18.9 Å². The van der Waals surface area contributed by atoms with E-state index < -0.39 is 0 Å². The van der Waals surface area contributed by atoms with Crippen molar-refractivity contribution in [3.8, 4) is 5.75 Å². The SMILES string of the molecule is CCC(=O)Nc1cccc(C2CC2)c1COc1ccc(C)cc1CC. The maximum absolute atomic E-state index is 11.9. The van der Waals surface area contributed by atoms with E-state index in [2.05, 4.69) is 43.4 Å². The molecular weight excluding hydrogens is 310 g/mol. The van der Waals surface area contributed by atoms with E-state index in [1.54, 1.807) is 0 Å². The molecule has 1 saturated carbocycles. The summed E-state index contributed by atoms with van der Waals surface area (Å²) >= 11 is 0. The van der Waals surface area contributed by atoms with Crippen molar-refractivity contribution >= 4 is 11.6 Å². The molecule has 3 rings (SSSR count). The van der Waals surface area contributed by atoms with Gasteiger partial charge in [-0.15, -0.1) is 0 Å². The van der Waals surface area contributed by atoms with E-state index >= 15 is 0 Å². The molecule has 25 heavy (non-hydrogen) atoms. The quantitative estimate of drug-likeness (QED) is 0.738. The standard InChI is InChI=1S/C22H27NO2/c1-4-16-13-15(3)9-12-21(16)25-14-19-18(17-10-11-17)7-6-8-20(19)23-22(24)5-2/h6-9,12-13,17H,4-5,10-11,14H2,1-3H3,(H,23,24). The van der Waals surface area contributed by atoms with Crippen molar-refractivity contribution in [2.24, 2.45) is 0 Å². The van der Waals surface area contributed by atoms with Crippen LogP contribution in [0.5, 0.6) is 5.75 Å². The van der Waals surface area contributed by atoms with Crippen molar-refractivity contribution in [3.05, 3.63) is 58.7 Å². The lowest BCUT2D eigenvalue weighted by Crippen LogP contribution is -2.13. The molecule has 2 aromatic carbocycles. The van der Waals surface area contributed by atoms with E-state index in [-0.39, 0.29) is 5.91 Å². The summed E-state index contributed by atoms with van der Waals surface area (Å²) < 4.78 is 6.19. The number of amides is 1. The third kappa shape index (κ3) is 4.22. The Morgan fingerprint density at radius 3 is 2.68 bits per heavy atom. The minimum Gasteiger partial charge on any atom is -0.489 e. The molecule has 0 spiro atoms. The van der Waals surface area contributed by atoms with Gasteiger partial charge in [-0.1, -0.05) is 43.7 Å². The smallest absolute Gasteiger partial charge is 0.224 e. The fraction of sp³-hybridized carbons (Fsp3) is 0.409. The van der Waals surface area contributed by atoms with Crippen molar-refractivity contribution in [1.82, 2.24) is 0 Å². The number of rotatable bonds is 7. The molecule has 3 nitrogen and oxygen atoms in total. The number of nitrogens with one attached hydrogen (secondary N) is 1. The van der Waals surface area contributed by atoms with Crippen LogP contribution < -0.4 is 10.1 Å². The second kappa shape index (κ2) is 7.73. The average molecular weight is 337 g/mol. The Balaban J connectivity index is 1.86. The number of ether oxygens (including phenoxy) is 1. The lowest BCUT2D eigenvalue weighted by Gasteiger charge is -2.17. The molecule has 1 amide bonds.